The Morgan fingerprint density at radius 1 is 1.05 bits per heavy atom. The first-order valence-electron chi connectivity index (χ1n) is 6.18. The zero-order valence-electron chi connectivity index (χ0n) is 12.1. The van der Waals surface area contributed by atoms with Gasteiger partial charge in [0, 0.05) is 27.3 Å². The number of nitrogens with one attached hydrogen (secondary N) is 1. The summed E-state index contributed by atoms with van der Waals surface area (Å²) in [5.41, 5.74) is 1.13. The maximum absolute atomic E-state index is 5.28. The Morgan fingerprint density at radius 3 is 2.37 bits per heavy atom. The highest BCUT2D eigenvalue weighted by molar-refractivity contribution is 5.42. The number of rotatable bonds is 9. The molecule has 0 fully saturated rings. The predicted octanol–water partition coefficient (Wildman–Crippen LogP) is 1.45. The van der Waals surface area contributed by atoms with Gasteiger partial charge in [-0.3, -0.25) is 0 Å². The van der Waals surface area contributed by atoms with Crippen LogP contribution in [0.5, 0.6) is 11.5 Å². The Bertz CT molecular complexity index is 370. The topological polar surface area (TPSA) is 49.0 Å². The number of hydrogen-bond donors (Lipinski definition) is 1. The molecule has 1 atom stereocenters. The van der Waals surface area contributed by atoms with Crippen LogP contribution in [0.2, 0.25) is 0 Å². The summed E-state index contributed by atoms with van der Waals surface area (Å²) >= 11 is 0. The highest BCUT2D eigenvalue weighted by Crippen LogP contribution is 2.27. The van der Waals surface area contributed by atoms with E-state index in [1.165, 1.54) is 0 Å². The third-order valence-electron chi connectivity index (χ3n) is 2.83. The Balaban J connectivity index is 2.49. The second-order valence-electron chi connectivity index (χ2n) is 4.13. The molecule has 0 amide bonds. The molecule has 1 unspecified atom stereocenters. The number of hydrogen-bond acceptors (Lipinski definition) is 5. The summed E-state index contributed by atoms with van der Waals surface area (Å²) in [6.07, 6.45) is 0.0603. The molecule has 5 nitrogen and oxygen atoms in total. The molecular formula is C14H23NO4. The summed E-state index contributed by atoms with van der Waals surface area (Å²) in [6, 6.07) is 5.87. The van der Waals surface area contributed by atoms with Gasteiger partial charge >= 0.3 is 0 Å². The first-order chi connectivity index (χ1) is 9.24. The van der Waals surface area contributed by atoms with Gasteiger partial charge in [0.2, 0.25) is 0 Å². The molecule has 0 saturated heterocycles. The van der Waals surface area contributed by atoms with Crippen LogP contribution in [-0.2, 0) is 16.0 Å². The smallest absolute Gasteiger partial charge is 0.161 e. The van der Waals surface area contributed by atoms with Crippen molar-refractivity contribution in [2.75, 3.05) is 41.6 Å². The van der Waals surface area contributed by atoms with Gasteiger partial charge in [-0.2, -0.15) is 0 Å². The standard InChI is InChI=1S/C14H23NO4/c1-16-10-12(17-2)9-15-8-11-5-6-13(18-3)14(7-11)19-4/h5-7,12,15H,8-10H2,1-4H3. The van der Waals surface area contributed by atoms with Crippen LogP contribution in [0.1, 0.15) is 5.56 Å². The van der Waals surface area contributed by atoms with Crippen molar-refractivity contribution in [1.82, 2.24) is 5.32 Å². The highest BCUT2D eigenvalue weighted by atomic mass is 16.5. The van der Waals surface area contributed by atoms with E-state index in [1.807, 2.05) is 18.2 Å². The van der Waals surface area contributed by atoms with Crippen molar-refractivity contribution in [2.45, 2.75) is 12.6 Å². The zero-order chi connectivity index (χ0) is 14.1. The van der Waals surface area contributed by atoms with Crippen LogP contribution in [0, 0.1) is 0 Å². The maximum Gasteiger partial charge on any atom is 0.161 e. The second-order valence-corrected chi connectivity index (χ2v) is 4.13. The lowest BCUT2D eigenvalue weighted by Crippen LogP contribution is -2.31. The van der Waals surface area contributed by atoms with Crippen LogP contribution in [0.4, 0.5) is 0 Å². The normalized spacial score (nSPS) is 12.2. The molecule has 1 aromatic carbocycles. The molecular weight excluding hydrogens is 246 g/mol. The Kier molecular flexibility index (Phi) is 7.25. The Labute approximate surface area is 114 Å². The van der Waals surface area contributed by atoms with Gasteiger partial charge in [0.15, 0.2) is 11.5 Å². The van der Waals surface area contributed by atoms with Crippen LogP contribution in [0.3, 0.4) is 0 Å². The summed E-state index contributed by atoms with van der Waals surface area (Å²) in [7, 11) is 6.61. The van der Waals surface area contributed by atoms with E-state index in [0.29, 0.717) is 6.61 Å². The molecule has 1 rings (SSSR count). The Morgan fingerprint density at radius 2 is 1.79 bits per heavy atom. The monoisotopic (exact) mass is 269 g/mol. The highest BCUT2D eigenvalue weighted by Gasteiger charge is 2.07. The largest absolute Gasteiger partial charge is 0.493 e. The van der Waals surface area contributed by atoms with E-state index >= 15 is 0 Å². The Hall–Kier alpha value is -1.30. The summed E-state index contributed by atoms with van der Waals surface area (Å²) in [4.78, 5) is 0. The van der Waals surface area contributed by atoms with Crippen LogP contribution < -0.4 is 14.8 Å². The number of methoxy groups -OCH3 is 4. The van der Waals surface area contributed by atoms with E-state index < -0.39 is 0 Å². The van der Waals surface area contributed by atoms with Crippen LogP contribution in [0.25, 0.3) is 0 Å². The molecule has 0 aliphatic carbocycles. The molecule has 108 valence electrons. The van der Waals surface area contributed by atoms with Crippen molar-refractivity contribution in [1.29, 1.82) is 0 Å². The van der Waals surface area contributed by atoms with E-state index in [2.05, 4.69) is 5.32 Å². The third kappa shape index (κ3) is 5.06. The van der Waals surface area contributed by atoms with Gasteiger partial charge in [-0.15, -0.1) is 0 Å². The SMILES string of the molecule is COCC(CNCc1ccc(OC)c(OC)c1)OC. The molecule has 0 saturated carbocycles. The quantitative estimate of drug-likeness (QED) is 0.735. The van der Waals surface area contributed by atoms with Gasteiger partial charge < -0.3 is 24.3 Å². The first-order valence-corrected chi connectivity index (χ1v) is 6.18. The maximum atomic E-state index is 5.28. The summed E-state index contributed by atoms with van der Waals surface area (Å²) in [6.45, 7) is 2.05. The summed E-state index contributed by atoms with van der Waals surface area (Å²) in [5, 5.41) is 3.32. The lowest BCUT2D eigenvalue weighted by molar-refractivity contribution is 0.0288. The van der Waals surface area contributed by atoms with Gasteiger partial charge in [-0.1, -0.05) is 6.07 Å². The first kappa shape index (κ1) is 15.8. The fraction of sp³-hybridized carbons (Fsp3) is 0.571. The van der Waals surface area contributed by atoms with Crippen LogP contribution >= 0.6 is 0 Å². The van der Waals surface area contributed by atoms with E-state index in [0.717, 1.165) is 30.2 Å². The molecule has 0 radical (unpaired) electrons. The molecule has 0 aromatic heterocycles. The fourth-order valence-electron chi connectivity index (χ4n) is 1.76. The lowest BCUT2D eigenvalue weighted by Gasteiger charge is -2.15. The fourth-order valence-corrected chi connectivity index (χ4v) is 1.76. The number of benzene rings is 1. The molecule has 1 aromatic rings. The van der Waals surface area contributed by atoms with Gasteiger partial charge in [0.25, 0.3) is 0 Å². The minimum absolute atomic E-state index is 0.0603. The van der Waals surface area contributed by atoms with E-state index in [9.17, 15) is 0 Å². The van der Waals surface area contributed by atoms with Crippen molar-refractivity contribution < 1.29 is 18.9 Å². The molecule has 0 aliphatic rings. The second kappa shape index (κ2) is 8.74. The number of ether oxygens (including phenoxy) is 4. The molecule has 5 heteroatoms. The summed E-state index contributed by atoms with van der Waals surface area (Å²) in [5.74, 6) is 1.47. The van der Waals surface area contributed by atoms with E-state index in [1.54, 1.807) is 28.4 Å². The average Bonchev–Trinajstić information content (AvgIpc) is 2.46. The molecule has 1 N–H and O–H groups in total. The van der Waals surface area contributed by atoms with Gasteiger partial charge in [-0.25, -0.2) is 0 Å². The van der Waals surface area contributed by atoms with Gasteiger partial charge in [0.05, 0.1) is 26.9 Å². The van der Waals surface area contributed by atoms with Crippen LogP contribution in [0.15, 0.2) is 18.2 Å². The van der Waals surface area contributed by atoms with Crippen molar-refractivity contribution in [3.8, 4) is 11.5 Å². The van der Waals surface area contributed by atoms with Crippen molar-refractivity contribution in [3.63, 3.8) is 0 Å². The summed E-state index contributed by atoms with van der Waals surface area (Å²) < 4.78 is 20.8. The predicted molar refractivity (Wildman–Crippen MR) is 73.9 cm³/mol. The van der Waals surface area contributed by atoms with Crippen molar-refractivity contribution in [3.05, 3.63) is 23.8 Å². The zero-order valence-corrected chi connectivity index (χ0v) is 12.1. The average molecular weight is 269 g/mol. The van der Waals surface area contributed by atoms with E-state index in [-0.39, 0.29) is 6.10 Å². The molecule has 0 bridgehead atoms. The van der Waals surface area contributed by atoms with E-state index in [4.69, 9.17) is 18.9 Å². The lowest BCUT2D eigenvalue weighted by atomic mass is 10.2. The minimum atomic E-state index is 0.0603. The van der Waals surface area contributed by atoms with Crippen molar-refractivity contribution in [2.24, 2.45) is 0 Å². The minimum Gasteiger partial charge on any atom is -0.493 e. The van der Waals surface area contributed by atoms with Gasteiger partial charge in [0.1, 0.15) is 0 Å². The van der Waals surface area contributed by atoms with Crippen molar-refractivity contribution >= 4 is 0 Å². The molecule has 0 aliphatic heterocycles. The van der Waals surface area contributed by atoms with Crippen LogP contribution in [-0.4, -0.2) is 47.7 Å². The van der Waals surface area contributed by atoms with Gasteiger partial charge in [-0.05, 0) is 17.7 Å². The molecule has 19 heavy (non-hydrogen) atoms. The molecule has 0 heterocycles. The third-order valence-corrected chi connectivity index (χ3v) is 2.83. The molecule has 0 spiro atoms.